The molecule has 0 aromatic heterocycles. The largest absolute Gasteiger partial charge is 0.480 e. The summed E-state index contributed by atoms with van der Waals surface area (Å²) in [4.78, 5) is 23.4. The molecule has 0 aliphatic rings. The molecular formula is C12H13F2NO3. The number of carbonyl (C=O) groups is 2. The Bertz CT molecular complexity index is 476. The predicted octanol–water partition coefficient (Wildman–Crippen LogP) is 1.44. The average Bonchev–Trinajstić information content (AvgIpc) is 2.31. The molecular weight excluding hydrogens is 244 g/mol. The first-order chi connectivity index (χ1) is 8.32. The number of nitrogens with zero attached hydrogens (tertiary/aromatic N) is 1. The van der Waals surface area contributed by atoms with Crippen LogP contribution < -0.4 is 0 Å². The van der Waals surface area contributed by atoms with Gasteiger partial charge in [0, 0.05) is 12.6 Å². The van der Waals surface area contributed by atoms with Crippen molar-refractivity contribution in [2.45, 2.75) is 19.4 Å². The normalized spacial score (nSPS) is 12.0. The Morgan fingerprint density at radius 3 is 2.56 bits per heavy atom. The number of amides is 1. The van der Waals surface area contributed by atoms with Crippen LogP contribution in [0.4, 0.5) is 8.78 Å². The van der Waals surface area contributed by atoms with Gasteiger partial charge < -0.3 is 10.0 Å². The fourth-order valence-electron chi connectivity index (χ4n) is 1.35. The van der Waals surface area contributed by atoms with Crippen LogP contribution in [0.2, 0.25) is 0 Å². The summed E-state index contributed by atoms with van der Waals surface area (Å²) >= 11 is 0. The molecule has 1 amide bonds. The minimum Gasteiger partial charge on any atom is -0.480 e. The van der Waals surface area contributed by atoms with E-state index in [1.807, 2.05) is 0 Å². The molecule has 0 saturated carbocycles. The van der Waals surface area contributed by atoms with E-state index in [1.54, 1.807) is 0 Å². The van der Waals surface area contributed by atoms with E-state index in [2.05, 4.69) is 0 Å². The van der Waals surface area contributed by atoms with E-state index in [0.29, 0.717) is 0 Å². The van der Waals surface area contributed by atoms with E-state index >= 15 is 0 Å². The van der Waals surface area contributed by atoms with E-state index in [0.717, 1.165) is 23.1 Å². The minimum atomic E-state index is -1.16. The second-order valence-electron chi connectivity index (χ2n) is 3.93. The number of likely N-dealkylation sites (N-methyl/N-ethyl adjacent to an activating group) is 1. The molecule has 0 aliphatic carbocycles. The maximum atomic E-state index is 13.3. The molecule has 1 rings (SSSR count). The second-order valence-corrected chi connectivity index (χ2v) is 3.93. The molecule has 1 aromatic carbocycles. The number of carboxylic acids is 1. The van der Waals surface area contributed by atoms with E-state index in [9.17, 15) is 18.4 Å². The zero-order valence-corrected chi connectivity index (χ0v) is 9.98. The summed E-state index contributed by atoms with van der Waals surface area (Å²) in [6.07, 6.45) is -0.377. The first kappa shape index (κ1) is 14.1. The lowest BCUT2D eigenvalue weighted by Gasteiger charge is -2.21. The van der Waals surface area contributed by atoms with Gasteiger partial charge >= 0.3 is 5.97 Å². The Hall–Kier alpha value is -1.98. The van der Waals surface area contributed by atoms with Gasteiger partial charge in [-0.2, -0.15) is 0 Å². The molecule has 1 atom stereocenters. The molecule has 18 heavy (non-hydrogen) atoms. The van der Waals surface area contributed by atoms with Crippen LogP contribution in [-0.2, 0) is 16.0 Å². The summed E-state index contributed by atoms with van der Waals surface area (Å²) in [5.74, 6) is -3.09. The van der Waals surface area contributed by atoms with Gasteiger partial charge in [0.1, 0.15) is 17.7 Å². The summed E-state index contributed by atoms with van der Waals surface area (Å²) in [5.41, 5.74) is -0.0931. The Labute approximate surface area is 103 Å². The number of benzene rings is 1. The highest BCUT2D eigenvalue weighted by Gasteiger charge is 2.22. The Balaban J connectivity index is 2.81. The number of rotatable bonds is 4. The Morgan fingerprint density at radius 2 is 2.00 bits per heavy atom. The summed E-state index contributed by atoms with van der Waals surface area (Å²) in [6, 6.07) is 1.78. The number of halogens is 2. The van der Waals surface area contributed by atoms with Crippen molar-refractivity contribution in [2.24, 2.45) is 0 Å². The van der Waals surface area contributed by atoms with Crippen LogP contribution in [0.5, 0.6) is 0 Å². The first-order valence-electron chi connectivity index (χ1n) is 5.25. The van der Waals surface area contributed by atoms with Crippen LogP contribution >= 0.6 is 0 Å². The maximum absolute atomic E-state index is 13.3. The van der Waals surface area contributed by atoms with Gasteiger partial charge in [0.25, 0.3) is 0 Å². The molecule has 4 nitrogen and oxygen atoms in total. The van der Waals surface area contributed by atoms with Gasteiger partial charge in [0.05, 0.1) is 6.42 Å². The highest BCUT2D eigenvalue weighted by Crippen LogP contribution is 2.12. The van der Waals surface area contributed by atoms with Crippen molar-refractivity contribution in [1.29, 1.82) is 0 Å². The van der Waals surface area contributed by atoms with Crippen molar-refractivity contribution >= 4 is 11.9 Å². The molecule has 0 fully saturated rings. The summed E-state index contributed by atoms with van der Waals surface area (Å²) in [6.45, 7) is 1.34. The highest BCUT2D eigenvalue weighted by molar-refractivity contribution is 5.84. The quantitative estimate of drug-likeness (QED) is 0.887. The molecule has 0 unspecified atom stereocenters. The first-order valence-corrected chi connectivity index (χ1v) is 5.25. The van der Waals surface area contributed by atoms with Crippen molar-refractivity contribution in [1.82, 2.24) is 4.90 Å². The number of aliphatic carboxylic acids is 1. The Kier molecular flexibility index (Phi) is 4.36. The fourth-order valence-corrected chi connectivity index (χ4v) is 1.35. The van der Waals surface area contributed by atoms with Gasteiger partial charge in [-0.05, 0) is 25.1 Å². The Morgan fingerprint density at radius 1 is 1.39 bits per heavy atom. The van der Waals surface area contributed by atoms with Crippen molar-refractivity contribution in [3.63, 3.8) is 0 Å². The van der Waals surface area contributed by atoms with Crippen LogP contribution in [-0.4, -0.2) is 35.0 Å². The summed E-state index contributed by atoms with van der Waals surface area (Å²) < 4.78 is 26.2. The number of carbonyl (C=O) groups excluding carboxylic acids is 1. The van der Waals surface area contributed by atoms with Gasteiger partial charge in [-0.1, -0.05) is 0 Å². The molecule has 1 aromatic rings. The smallest absolute Gasteiger partial charge is 0.326 e. The van der Waals surface area contributed by atoms with E-state index < -0.39 is 29.6 Å². The zero-order valence-electron chi connectivity index (χ0n) is 9.98. The predicted molar refractivity (Wildman–Crippen MR) is 59.9 cm³/mol. The molecule has 0 radical (unpaired) electrons. The second kappa shape index (κ2) is 5.57. The molecule has 6 heteroatoms. The van der Waals surface area contributed by atoms with E-state index in [-0.39, 0.29) is 12.0 Å². The highest BCUT2D eigenvalue weighted by atomic mass is 19.1. The van der Waals surface area contributed by atoms with Gasteiger partial charge in [-0.15, -0.1) is 0 Å². The van der Waals surface area contributed by atoms with Crippen LogP contribution in [0.25, 0.3) is 0 Å². The van der Waals surface area contributed by atoms with Crippen molar-refractivity contribution < 1.29 is 23.5 Å². The van der Waals surface area contributed by atoms with Crippen LogP contribution in [0.15, 0.2) is 18.2 Å². The third-order valence-corrected chi connectivity index (χ3v) is 2.68. The molecule has 0 bridgehead atoms. The van der Waals surface area contributed by atoms with Gasteiger partial charge in [-0.3, -0.25) is 4.79 Å². The van der Waals surface area contributed by atoms with Crippen molar-refractivity contribution in [3.8, 4) is 0 Å². The number of carboxylic acid groups (broad SMARTS) is 1. The third-order valence-electron chi connectivity index (χ3n) is 2.68. The molecule has 0 heterocycles. The molecule has 0 aliphatic heterocycles. The zero-order chi connectivity index (χ0) is 13.9. The fraction of sp³-hybridized carbons (Fsp3) is 0.333. The van der Waals surface area contributed by atoms with Crippen molar-refractivity contribution in [3.05, 3.63) is 35.4 Å². The topological polar surface area (TPSA) is 57.6 Å². The monoisotopic (exact) mass is 257 g/mol. The lowest BCUT2D eigenvalue weighted by molar-refractivity contribution is -0.148. The van der Waals surface area contributed by atoms with E-state index in [4.69, 9.17) is 5.11 Å². The van der Waals surface area contributed by atoms with E-state index in [1.165, 1.54) is 14.0 Å². The SMILES string of the molecule is C[C@H](C(=O)O)N(C)C(=O)Cc1cc(F)ccc1F. The summed E-state index contributed by atoms with van der Waals surface area (Å²) in [5, 5.41) is 8.74. The average molecular weight is 257 g/mol. The van der Waals surface area contributed by atoms with Crippen LogP contribution in [0.3, 0.4) is 0 Å². The van der Waals surface area contributed by atoms with Crippen molar-refractivity contribution in [2.75, 3.05) is 7.05 Å². The van der Waals surface area contributed by atoms with Crippen LogP contribution in [0, 0.1) is 11.6 Å². The third kappa shape index (κ3) is 3.26. The molecule has 0 saturated heterocycles. The molecule has 0 spiro atoms. The minimum absolute atomic E-state index is 0.0931. The lowest BCUT2D eigenvalue weighted by Crippen LogP contribution is -2.41. The van der Waals surface area contributed by atoms with Gasteiger partial charge in [0.15, 0.2) is 0 Å². The molecule has 98 valence electrons. The van der Waals surface area contributed by atoms with Crippen LogP contribution in [0.1, 0.15) is 12.5 Å². The molecule has 1 N–H and O–H groups in total. The van der Waals surface area contributed by atoms with Gasteiger partial charge in [0.2, 0.25) is 5.91 Å². The van der Waals surface area contributed by atoms with Gasteiger partial charge in [-0.25, -0.2) is 13.6 Å². The number of hydrogen-bond acceptors (Lipinski definition) is 2. The summed E-state index contributed by atoms with van der Waals surface area (Å²) in [7, 11) is 1.30. The maximum Gasteiger partial charge on any atom is 0.326 e. The lowest BCUT2D eigenvalue weighted by atomic mass is 10.1. The number of hydrogen-bond donors (Lipinski definition) is 1. The standard InChI is InChI=1S/C12H13F2NO3/c1-7(12(17)18)15(2)11(16)6-8-5-9(13)3-4-10(8)14/h3-5,7H,6H2,1-2H3,(H,17,18)/t7-/m1/s1.